The lowest BCUT2D eigenvalue weighted by molar-refractivity contribution is -0.120. The maximum atomic E-state index is 11.1. The molecule has 0 rings (SSSR count). The largest absolute Gasteiger partial charge is 0.382 e. The maximum absolute atomic E-state index is 11.1. The van der Waals surface area contributed by atoms with Gasteiger partial charge in [0.25, 0.3) is 0 Å². The van der Waals surface area contributed by atoms with Crippen molar-refractivity contribution in [3.8, 4) is 0 Å². The summed E-state index contributed by atoms with van der Waals surface area (Å²) in [6, 6.07) is 0. The molecule has 0 bridgehead atoms. The molecule has 3 nitrogen and oxygen atoms in total. The highest BCUT2D eigenvalue weighted by atomic mass is 16.5. The van der Waals surface area contributed by atoms with E-state index in [1.165, 1.54) is 0 Å². The van der Waals surface area contributed by atoms with Gasteiger partial charge in [0.15, 0.2) is 0 Å². The first-order valence-corrected chi connectivity index (χ1v) is 4.50. The molecule has 0 N–H and O–H groups in total. The summed E-state index contributed by atoms with van der Waals surface area (Å²) >= 11 is 0. The predicted molar refractivity (Wildman–Crippen MR) is 51.8 cm³/mol. The highest BCUT2D eigenvalue weighted by Gasteiger charge is 1.99. The summed E-state index contributed by atoms with van der Waals surface area (Å²) in [5.74, 6) is 0.234. The highest BCUT2D eigenvalue weighted by Crippen LogP contribution is 1.95. The average molecular weight is 186 g/mol. The summed E-state index contributed by atoms with van der Waals surface area (Å²) in [5, 5.41) is 0. The molecule has 0 aliphatic heterocycles. The normalized spacial score (nSPS) is 9.92. The summed E-state index contributed by atoms with van der Waals surface area (Å²) in [6.45, 7) is 5.20. The molecule has 0 heterocycles. The molecule has 0 unspecified atom stereocenters. The van der Waals surface area contributed by atoms with Gasteiger partial charge in [-0.2, -0.15) is 0 Å². The van der Waals surface area contributed by atoms with Crippen LogP contribution in [0.1, 0.15) is 19.3 Å². The summed E-state index contributed by atoms with van der Waals surface area (Å²) in [5.41, 5.74) is 0. The third-order valence-electron chi connectivity index (χ3n) is 1.58. The van der Waals surface area contributed by atoms with Gasteiger partial charge in [-0.05, 0) is 6.42 Å². The SMILES string of the molecule is C=CCCC(=O)CCOCCOC. The number of carbonyl (C=O) groups excluding carboxylic acids is 1. The lowest BCUT2D eigenvalue weighted by Gasteiger charge is -2.01. The molecule has 13 heavy (non-hydrogen) atoms. The van der Waals surface area contributed by atoms with Crippen molar-refractivity contribution in [2.45, 2.75) is 19.3 Å². The molecule has 0 aromatic rings. The van der Waals surface area contributed by atoms with Gasteiger partial charge in [-0.3, -0.25) is 4.79 Å². The number of ether oxygens (including phenoxy) is 2. The summed E-state index contributed by atoms with van der Waals surface area (Å²) in [7, 11) is 1.62. The van der Waals surface area contributed by atoms with E-state index < -0.39 is 0 Å². The zero-order valence-electron chi connectivity index (χ0n) is 8.25. The number of hydrogen-bond donors (Lipinski definition) is 0. The zero-order chi connectivity index (χ0) is 9.94. The molecule has 76 valence electrons. The Morgan fingerprint density at radius 3 is 2.69 bits per heavy atom. The summed E-state index contributed by atoms with van der Waals surface area (Å²) < 4.78 is 9.94. The minimum absolute atomic E-state index is 0.234. The molecule has 0 radical (unpaired) electrons. The third-order valence-corrected chi connectivity index (χ3v) is 1.58. The second kappa shape index (κ2) is 9.42. The second-order valence-corrected chi connectivity index (χ2v) is 2.72. The van der Waals surface area contributed by atoms with Gasteiger partial charge in [0, 0.05) is 20.0 Å². The number of allylic oxidation sites excluding steroid dienone is 1. The van der Waals surface area contributed by atoms with Gasteiger partial charge in [-0.15, -0.1) is 6.58 Å². The van der Waals surface area contributed by atoms with Crippen molar-refractivity contribution in [3.63, 3.8) is 0 Å². The van der Waals surface area contributed by atoms with E-state index in [1.807, 2.05) is 0 Å². The van der Waals surface area contributed by atoms with E-state index in [1.54, 1.807) is 13.2 Å². The van der Waals surface area contributed by atoms with Crippen LogP contribution in [0.3, 0.4) is 0 Å². The van der Waals surface area contributed by atoms with Crippen LogP contribution in [-0.2, 0) is 14.3 Å². The first-order chi connectivity index (χ1) is 6.31. The number of ketones is 1. The fourth-order valence-electron chi connectivity index (χ4n) is 0.818. The van der Waals surface area contributed by atoms with E-state index >= 15 is 0 Å². The van der Waals surface area contributed by atoms with Crippen molar-refractivity contribution < 1.29 is 14.3 Å². The van der Waals surface area contributed by atoms with Gasteiger partial charge in [0.05, 0.1) is 19.8 Å². The quantitative estimate of drug-likeness (QED) is 0.405. The number of hydrogen-bond acceptors (Lipinski definition) is 3. The van der Waals surface area contributed by atoms with Gasteiger partial charge < -0.3 is 9.47 Å². The van der Waals surface area contributed by atoms with Crippen molar-refractivity contribution in [2.75, 3.05) is 26.9 Å². The molecule has 0 amide bonds. The third kappa shape index (κ3) is 9.24. The molecule has 0 aliphatic carbocycles. The highest BCUT2D eigenvalue weighted by molar-refractivity contribution is 5.78. The molecule has 0 spiro atoms. The first kappa shape index (κ1) is 12.3. The van der Waals surface area contributed by atoms with Crippen LogP contribution in [0.5, 0.6) is 0 Å². The van der Waals surface area contributed by atoms with E-state index in [0.29, 0.717) is 32.7 Å². The Balaban J connectivity index is 3.12. The van der Waals surface area contributed by atoms with Gasteiger partial charge in [0.1, 0.15) is 5.78 Å². The Hall–Kier alpha value is -0.670. The number of Topliss-reactive ketones (excluding diaryl/α,β-unsaturated/α-hetero) is 1. The van der Waals surface area contributed by atoms with E-state index in [-0.39, 0.29) is 5.78 Å². The van der Waals surface area contributed by atoms with Crippen LogP contribution in [0.2, 0.25) is 0 Å². The summed E-state index contributed by atoms with van der Waals surface area (Å²) in [6.07, 6.45) is 3.59. The fourth-order valence-corrected chi connectivity index (χ4v) is 0.818. The van der Waals surface area contributed by atoms with Crippen LogP contribution in [0.25, 0.3) is 0 Å². The van der Waals surface area contributed by atoms with Gasteiger partial charge in [-0.25, -0.2) is 0 Å². The predicted octanol–water partition coefficient (Wildman–Crippen LogP) is 1.57. The average Bonchev–Trinajstić information content (AvgIpc) is 2.14. The van der Waals surface area contributed by atoms with Crippen LogP contribution in [0.15, 0.2) is 12.7 Å². The molecule has 0 aliphatic rings. The van der Waals surface area contributed by atoms with Gasteiger partial charge in [0.2, 0.25) is 0 Å². The van der Waals surface area contributed by atoms with E-state index in [4.69, 9.17) is 9.47 Å². The van der Waals surface area contributed by atoms with E-state index in [0.717, 1.165) is 6.42 Å². The monoisotopic (exact) mass is 186 g/mol. The van der Waals surface area contributed by atoms with E-state index in [2.05, 4.69) is 6.58 Å². The Kier molecular flexibility index (Phi) is 8.93. The molecular weight excluding hydrogens is 168 g/mol. The minimum atomic E-state index is 0.234. The van der Waals surface area contributed by atoms with Gasteiger partial charge >= 0.3 is 0 Å². The van der Waals surface area contributed by atoms with Crippen LogP contribution in [-0.4, -0.2) is 32.7 Å². The molecule has 0 saturated carbocycles. The molecule has 0 aromatic heterocycles. The molecule has 3 heteroatoms. The second-order valence-electron chi connectivity index (χ2n) is 2.72. The standard InChI is InChI=1S/C10H18O3/c1-3-4-5-10(11)6-7-13-9-8-12-2/h3H,1,4-9H2,2H3. The smallest absolute Gasteiger partial charge is 0.135 e. The Morgan fingerprint density at radius 2 is 2.08 bits per heavy atom. The van der Waals surface area contributed by atoms with Crippen molar-refractivity contribution in [3.05, 3.63) is 12.7 Å². The Labute approximate surface area is 79.7 Å². The number of rotatable bonds is 9. The van der Waals surface area contributed by atoms with Crippen molar-refractivity contribution in [1.82, 2.24) is 0 Å². The van der Waals surface area contributed by atoms with E-state index in [9.17, 15) is 4.79 Å². The van der Waals surface area contributed by atoms with Crippen LogP contribution >= 0.6 is 0 Å². The van der Waals surface area contributed by atoms with Gasteiger partial charge in [-0.1, -0.05) is 6.08 Å². The minimum Gasteiger partial charge on any atom is -0.382 e. The van der Waals surface area contributed by atoms with Crippen LogP contribution in [0, 0.1) is 0 Å². The van der Waals surface area contributed by atoms with Crippen molar-refractivity contribution in [1.29, 1.82) is 0 Å². The first-order valence-electron chi connectivity index (χ1n) is 4.50. The number of carbonyl (C=O) groups is 1. The lowest BCUT2D eigenvalue weighted by atomic mass is 10.2. The zero-order valence-corrected chi connectivity index (χ0v) is 8.25. The lowest BCUT2D eigenvalue weighted by Crippen LogP contribution is -2.07. The molecular formula is C10H18O3. The molecule has 0 saturated heterocycles. The topological polar surface area (TPSA) is 35.5 Å². The van der Waals surface area contributed by atoms with Crippen LogP contribution < -0.4 is 0 Å². The summed E-state index contributed by atoms with van der Waals surface area (Å²) in [4.78, 5) is 11.1. The number of methoxy groups -OCH3 is 1. The molecule has 0 atom stereocenters. The molecule has 0 fully saturated rings. The Bertz CT molecular complexity index is 143. The Morgan fingerprint density at radius 1 is 1.31 bits per heavy atom. The van der Waals surface area contributed by atoms with Crippen molar-refractivity contribution in [2.24, 2.45) is 0 Å². The fraction of sp³-hybridized carbons (Fsp3) is 0.700. The van der Waals surface area contributed by atoms with Crippen LogP contribution in [0.4, 0.5) is 0 Å². The maximum Gasteiger partial charge on any atom is 0.135 e. The van der Waals surface area contributed by atoms with Crippen molar-refractivity contribution >= 4 is 5.78 Å². The molecule has 0 aromatic carbocycles.